The number of carboxylic acids is 1. The van der Waals surface area contributed by atoms with Crippen LogP contribution in [-0.4, -0.2) is 40.4 Å². The Morgan fingerprint density at radius 2 is 0.895 bits per heavy atom. The normalized spacial score (nSPS) is 11.1. The van der Waals surface area contributed by atoms with Crippen LogP contribution < -0.4 is 27.0 Å². The first-order chi connectivity index (χ1) is 17.5. The Hall–Kier alpha value is -1.32. The van der Waals surface area contributed by atoms with Crippen LogP contribution in [0.25, 0.3) is 0 Å². The van der Waals surface area contributed by atoms with Gasteiger partial charge in [0.1, 0.15) is 0 Å². The zero-order valence-corrected chi connectivity index (χ0v) is 27.9. The van der Waals surface area contributed by atoms with E-state index < -0.39 is 5.97 Å². The minimum atomic E-state index is -0.833. The van der Waals surface area contributed by atoms with Crippen molar-refractivity contribution >= 4 is 55.5 Å². The Morgan fingerprint density at radius 3 is 1.21 bits per heavy atom. The average molecular weight is 637 g/mol. The van der Waals surface area contributed by atoms with Gasteiger partial charge in [0.05, 0.1) is 0 Å². The van der Waals surface area contributed by atoms with Crippen LogP contribution in [-0.2, 0) is 24.3 Å². The van der Waals surface area contributed by atoms with Gasteiger partial charge in [-0.25, -0.2) is 0 Å². The van der Waals surface area contributed by atoms with Crippen molar-refractivity contribution in [2.24, 2.45) is 0 Å². The van der Waals surface area contributed by atoms with E-state index in [0.717, 1.165) is 6.92 Å². The molecule has 3 aromatic carbocycles. The molecule has 0 heterocycles. The second-order valence-electron chi connectivity index (χ2n) is 10.7. The van der Waals surface area contributed by atoms with E-state index in [4.69, 9.17) is 9.90 Å². The molecule has 0 saturated carbocycles. The van der Waals surface area contributed by atoms with Gasteiger partial charge in [0.25, 0.3) is 5.97 Å². The van der Waals surface area contributed by atoms with Gasteiger partial charge in [0.15, 0.2) is 0 Å². The van der Waals surface area contributed by atoms with Gasteiger partial charge in [0, 0.05) is 26.4 Å². The maximum Gasteiger partial charge on any atom is 0.300 e. The van der Waals surface area contributed by atoms with Gasteiger partial charge in [0.2, 0.25) is 6.71 Å². The van der Waals surface area contributed by atoms with Crippen molar-refractivity contribution in [2.75, 3.05) is 0 Å². The Bertz CT molecular complexity index is 1040. The fourth-order valence-electron chi connectivity index (χ4n) is 5.41. The molecule has 0 aromatic heterocycles. The Labute approximate surface area is 247 Å². The molecule has 2 nitrogen and oxygen atoms in total. The second-order valence-corrected chi connectivity index (χ2v) is 17.4. The fourth-order valence-corrected chi connectivity index (χ4v) is 11.5. The van der Waals surface area contributed by atoms with Crippen molar-refractivity contribution in [2.45, 2.75) is 84.9 Å². The van der Waals surface area contributed by atoms with E-state index in [1.807, 2.05) is 0 Å². The maximum atomic E-state index is 9.00. The molecule has 0 unspecified atom stereocenters. The van der Waals surface area contributed by atoms with Crippen LogP contribution in [0.3, 0.4) is 0 Å². The molecule has 0 aliphatic carbocycles. The number of aliphatic carboxylic acids is 1. The summed E-state index contributed by atoms with van der Waals surface area (Å²) < 4.78 is 0. The number of rotatable bonds is 9. The third-order valence-corrected chi connectivity index (χ3v) is 12.8. The quantitative estimate of drug-likeness (QED) is 0.226. The molecule has 0 bridgehead atoms. The van der Waals surface area contributed by atoms with Gasteiger partial charge in [-0.15, -0.1) is 0 Å². The molecule has 1 N–H and O–H groups in total. The molecule has 0 amide bonds. The van der Waals surface area contributed by atoms with Crippen molar-refractivity contribution in [3.8, 4) is 0 Å². The van der Waals surface area contributed by atoms with Crippen LogP contribution in [0.1, 0.15) is 62.3 Å². The SMILES string of the molecule is CC(=O)O.CC(C)P(c1ccccc1B(c1ccccc1)c1ccccc1P(C(C)C)C(C)C)C(C)C.[Rh]. The van der Waals surface area contributed by atoms with E-state index >= 15 is 0 Å². The first-order valence-electron chi connectivity index (χ1n) is 13.5. The molecule has 207 valence electrons. The topological polar surface area (TPSA) is 37.3 Å². The van der Waals surface area contributed by atoms with Crippen LogP contribution in [0, 0.1) is 0 Å². The Balaban J connectivity index is 0.00000135. The van der Waals surface area contributed by atoms with Gasteiger partial charge in [-0.1, -0.05) is 166 Å². The Kier molecular flexibility index (Phi) is 15.3. The maximum absolute atomic E-state index is 9.00. The van der Waals surface area contributed by atoms with Crippen LogP contribution >= 0.6 is 15.8 Å². The molecule has 0 fully saturated rings. The number of carbonyl (C=O) groups is 1. The van der Waals surface area contributed by atoms with Gasteiger partial charge in [-0.05, 0) is 33.2 Å². The van der Waals surface area contributed by atoms with Crippen LogP contribution in [0.2, 0.25) is 0 Å². The Morgan fingerprint density at radius 1 is 0.605 bits per heavy atom. The molecule has 0 aliphatic heterocycles. The summed E-state index contributed by atoms with van der Waals surface area (Å²) in [5, 5.41) is 10.6. The van der Waals surface area contributed by atoms with E-state index in [2.05, 4.69) is 134 Å². The molecule has 0 atom stereocenters. The number of hydrogen-bond acceptors (Lipinski definition) is 1. The summed E-state index contributed by atoms with van der Waals surface area (Å²) >= 11 is 0. The molecule has 0 spiro atoms. The predicted molar refractivity (Wildman–Crippen MR) is 171 cm³/mol. The van der Waals surface area contributed by atoms with E-state index in [-0.39, 0.29) is 42.0 Å². The zero-order chi connectivity index (χ0) is 27.7. The minimum absolute atomic E-state index is 0. The van der Waals surface area contributed by atoms with Crippen LogP contribution in [0.15, 0.2) is 78.9 Å². The van der Waals surface area contributed by atoms with Crippen molar-refractivity contribution in [3.05, 3.63) is 78.9 Å². The second kappa shape index (κ2) is 16.7. The summed E-state index contributed by atoms with van der Waals surface area (Å²) in [6, 6.07) is 29.9. The molecule has 6 heteroatoms. The summed E-state index contributed by atoms with van der Waals surface area (Å²) in [5.41, 5.74) is 7.07. The number of hydrogen-bond donors (Lipinski definition) is 1. The number of benzene rings is 3. The standard InChI is InChI=1S/C30H41BP2.C2H4O2.Rh/c1-22(2)32(23(3)4)29-20-14-12-18-27(29)31(26-16-10-9-11-17-26)28-19-13-15-21-30(28)33(24(5)6)25(7)8;1-2(3)4;/h9-25H,1-8H3;1H3,(H,3,4);. The third-order valence-electron chi connectivity index (χ3n) is 6.41. The van der Waals surface area contributed by atoms with Crippen LogP contribution in [0.5, 0.6) is 0 Å². The van der Waals surface area contributed by atoms with E-state index in [0.29, 0.717) is 22.6 Å². The molecular weight excluding hydrogens is 592 g/mol. The molecule has 0 saturated heterocycles. The zero-order valence-electron chi connectivity index (χ0n) is 24.5. The molecule has 38 heavy (non-hydrogen) atoms. The predicted octanol–water partition coefficient (Wildman–Crippen LogP) is 6.14. The summed E-state index contributed by atoms with van der Waals surface area (Å²) in [7, 11) is -0.505. The summed E-state index contributed by atoms with van der Waals surface area (Å²) in [5.74, 6) is -0.833. The van der Waals surface area contributed by atoms with Crippen molar-refractivity contribution in [1.29, 1.82) is 0 Å². The van der Waals surface area contributed by atoms with Crippen molar-refractivity contribution in [3.63, 3.8) is 0 Å². The van der Waals surface area contributed by atoms with E-state index in [1.54, 1.807) is 10.6 Å². The molecule has 1 radical (unpaired) electrons. The van der Waals surface area contributed by atoms with E-state index in [1.165, 1.54) is 16.4 Å². The number of carboxylic acid groups (broad SMARTS) is 1. The van der Waals surface area contributed by atoms with Crippen LogP contribution in [0.4, 0.5) is 0 Å². The molecule has 3 aromatic rings. The fraction of sp³-hybridized carbons (Fsp3) is 0.406. The monoisotopic (exact) mass is 637 g/mol. The summed E-state index contributed by atoms with van der Waals surface area (Å²) in [6.07, 6.45) is 0. The van der Waals surface area contributed by atoms with Gasteiger partial charge in [-0.3, -0.25) is 4.79 Å². The van der Waals surface area contributed by atoms with Crippen molar-refractivity contribution < 1.29 is 29.4 Å². The molecule has 0 aliphatic rings. The third kappa shape index (κ3) is 9.40. The van der Waals surface area contributed by atoms with E-state index in [9.17, 15) is 0 Å². The molecular formula is C32H45BO2P2Rh. The van der Waals surface area contributed by atoms with Crippen molar-refractivity contribution in [1.82, 2.24) is 0 Å². The van der Waals surface area contributed by atoms with Gasteiger partial charge in [-0.2, -0.15) is 0 Å². The first-order valence-corrected chi connectivity index (χ1v) is 16.4. The summed E-state index contributed by atoms with van der Waals surface area (Å²) in [6.45, 7) is 20.6. The summed E-state index contributed by atoms with van der Waals surface area (Å²) in [4.78, 5) is 9.00. The van der Waals surface area contributed by atoms with Gasteiger partial charge >= 0.3 is 0 Å². The molecule has 3 rings (SSSR count). The largest absolute Gasteiger partial charge is 0.481 e. The smallest absolute Gasteiger partial charge is 0.300 e. The van der Waals surface area contributed by atoms with Gasteiger partial charge < -0.3 is 5.11 Å². The minimum Gasteiger partial charge on any atom is -0.481 e. The first kappa shape index (κ1) is 34.7. The average Bonchev–Trinajstić information content (AvgIpc) is 2.81.